The molecule has 126 valence electrons. The maximum atomic E-state index is 12.9. The first kappa shape index (κ1) is 16.0. The molecule has 0 saturated carbocycles. The molecule has 0 aliphatic carbocycles. The number of nitrogens with zero attached hydrogens (tertiary/aromatic N) is 3. The molecule has 1 aromatic carbocycles. The molecule has 1 aromatic heterocycles. The number of benzene rings is 1. The average molecular weight is 330 g/mol. The van der Waals surface area contributed by atoms with Crippen LogP contribution in [0.1, 0.15) is 51.2 Å². The normalized spacial score (nSPS) is 17.1. The van der Waals surface area contributed by atoms with Crippen molar-refractivity contribution in [1.29, 1.82) is 0 Å². The number of carboxylic acid groups (broad SMARTS) is 1. The van der Waals surface area contributed by atoms with E-state index in [9.17, 15) is 14.7 Å². The molecule has 8 heteroatoms. The van der Waals surface area contributed by atoms with Crippen molar-refractivity contribution < 1.29 is 19.4 Å². The Bertz CT molecular complexity index is 786. The average Bonchev–Trinajstić information content (AvgIpc) is 3.22. The first-order chi connectivity index (χ1) is 11.5. The maximum absolute atomic E-state index is 12.9. The van der Waals surface area contributed by atoms with E-state index in [1.807, 2.05) is 0 Å². The zero-order chi connectivity index (χ0) is 17.3. The van der Waals surface area contributed by atoms with Gasteiger partial charge in [0.15, 0.2) is 5.82 Å². The minimum absolute atomic E-state index is 0.0159. The summed E-state index contributed by atoms with van der Waals surface area (Å²) in [5.74, 6) is 0.258. The van der Waals surface area contributed by atoms with Crippen molar-refractivity contribution in [3.05, 3.63) is 41.0 Å². The van der Waals surface area contributed by atoms with Crippen LogP contribution in [0.5, 0.6) is 5.75 Å². The summed E-state index contributed by atoms with van der Waals surface area (Å²) in [6.45, 7) is 2.38. The van der Waals surface area contributed by atoms with E-state index in [1.54, 1.807) is 17.9 Å². The van der Waals surface area contributed by atoms with Crippen LogP contribution in [0.15, 0.2) is 18.2 Å². The Labute approximate surface area is 138 Å². The zero-order valence-corrected chi connectivity index (χ0v) is 13.4. The number of aromatic carboxylic acids is 1. The lowest BCUT2D eigenvalue weighted by Gasteiger charge is -2.23. The number of aromatic nitrogens is 3. The van der Waals surface area contributed by atoms with Crippen molar-refractivity contribution in [3.8, 4) is 5.75 Å². The predicted molar refractivity (Wildman–Crippen MR) is 84.1 cm³/mol. The molecule has 1 saturated heterocycles. The first-order valence-corrected chi connectivity index (χ1v) is 7.62. The highest BCUT2D eigenvalue weighted by Gasteiger charge is 2.33. The summed E-state index contributed by atoms with van der Waals surface area (Å²) < 4.78 is 5.11. The fraction of sp³-hybridized carbons (Fsp3) is 0.375. The third kappa shape index (κ3) is 2.94. The molecule has 3 rings (SSSR count). The number of aryl methyl sites for hydroxylation is 1. The summed E-state index contributed by atoms with van der Waals surface area (Å²) in [4.78, 5) is 30.1. The van der Waals surface area contributed by atoms with Gasteiger partial charge < -0.3 is 14.7 Å². The Morgan fingerprint density at radius 2 is 2.08 bits per heavy atom. The highest BCUT2D eigenvalue weighted by Crippen LogP contribution is 2.32. The van der Waals surface area contributed by atoms with Crippen LogP contribution in [0.2, 0.25) is 0 Å². The molecule has 24 heavy (non-hydrogen) atoms. The molecule has 0 bridgehead atoms. The van der Waals surface area contributed by atoms with Crippen LogP contribution in [0.25, 0.3) is 0 Å². The van der Waals surface area contributed by atoms with E-state index in [-0.39, 0.29) is 23.1 Å². The maximum Gasteiger partial charge on any atom is 0.335 e. The number of rotatable bonds is 4. The largest absolute Gasteiger partial charge is 0.497 e. The van der Waals surface area contributed by atoms with E-state index >= 15 is 0 Å². The van der Waals surface area contributed by atoms with E-state index < -0.39 is 5.97 Å². The summed E-state index contributed by atoms with van der Waals surface area (Å²) in [6, 6.07) is 4.10. The molecule has 2 heterocycles. The summed E-state index contributed by atoms with van der Waals surface area (Å²) >= 11 is 0. The Hall–Kier alpha value is -2.90. The van der Waals surface area contributed by atoms with E-state index in [4.69, 9.17) is 4.74 Å². The fourth-order valence-corrected chi connectivity index (χ4v) is 2.92. The van der Waals surface area contributed by atoms with Crippen molar-refractivity contribution in [1.82, 2.24) is 20.1 Å². The molecule has 0 radical (unpaired) electrons. The first-order valence-electron chi connectivity index (χ1n) is 7.62. The van der Waals surface area contributed by atoms with Crippen molar-refractivity contribution >= 4 is 11.9 Å². The topological polar surface area (TPSA) is 108 Å². The van der Waals surface area contributed by atoms with Crippen molar-refractivity contribution in [2.45, 2.75) is 25.8 Å². The lowest BCUT2D eigenvalue weighted by atomic mass is 10.1. The Morgan fingerprint density at radius 1 is 1.33 bits per heavy atom. The van der Waals surface area contributed by atoms with Gasteiger partial charge in [0.2, 0.25) is 0 Å². The van der Waals surface area contributed by atoms with E-state index in [1.165, 1.54) is 19.2 Å². The van der Waals surface area contributed by atoms with Crippen LogP contribution < -0.4 is 4.74 Å². The quantitative estimate of drug-likeness (QED) is 0.885. The minimum Gasteiger partial charge on any atom is -0.497 e. The van der Waals surface area contributed by atoms with Crippen LogP contribution in [-0.2, 0) is 0 Å². The fourth-order valence-electron chi connectivity index (χ4n) is 2.92. The molecule has 1 atom stereocenters. The van der Waals surface area contributed by atoms with Crippen LogP contribution in [-0.4, -0.2) is 50.7 Å². The Kier molecular flexibility index (Phi) is 4.20. The number of amides is 1. The van der Waals surface area contributed by atoms with Gasteiger partial charge in [-0.05, 0) is 38.0 Å². The molecule has 1 amide bonds. The van der Waals surface area contributed by atoms with Crippen molar-refractivity contribution in [3.63, 3.8) is 0 Å². The van der Waals surface area contributed by atoms with Crippen molar-refractivity contribution in [2.75, 3.05) is 13.7 Å². The molecule has 1 aliphatic heterocycles. The Balaban J connectivity index is 1.93. The number of hydrogen-bond donors (Lipinski definition) is 2. The molecule has 1 fully saturated rings. The molecule has 2 N–H and O–H groups in total. The summed E-state index contributed by atoms with van der Waals surface area (Å²) in [5.41, 5.74) is 0.299. The van der Waals surface area contributed by atoms with Crippen molar-refractivity contribution in [2.24, 2.45) is 0 Å². The minimum atomic E-state index is -1.11. The highest BCUT2D eigenvalue weighted by atomic mass is 16.5. The number of hydrogen-bond acceptors (Lipinski definition) is 5. The van der Waals surface area contributed by atoms with Gasteiger partial charge in [0, 0.05) is 12.1 Å². The van der Waals surface area contributed by atoms with Gasteiger partial charge in [-0.2, -0.15) is 5.10 Å². The Morgan fingerprint density at radius 3 is 2.71 bits per heavy atom. The number of carboxylic acids is 1. The molecule has 0 unspecified atom stereocenters. The number of carbonyl (C=O) groups excluding carboxylic acids is 1. The van der Waals surface area contributed by atoms with E-state index in [0.717, 1.165) is 12.8 Å². The van der Waals surface area contributed by atoms with Gasteiger partial charge in [0.1, 0.15) is 11.6 Å². The third-order valence-corrected chi connectivity index (χ3v) is 4.06. The summed E-state index contributed by atoms with van der Waals surface area (Å²) in [5, 5.41) is 16.1. The van der Waals surface area contributed by atoms with Gasteiger partial charge >= 0.3 is 5.97 Å². The van der Waals surface area contributed by atoms with Crippen LogP contribution in [0.4, 0.5) is 0 Å². The number of aromatic amines is 1. The smallest absolute Gasteiger partial charge is 0.335 e. The van der Waals surface area contributed by atoms with Gasteiger partial charge in [-0.15, -0.1) is 0 Å². The summed E-state index contributed by atoms with van der Waals surface area (Å²) in [7, 11) is 1.43. The van der Waals surface area contributed by atoms with E-state index in [2.05, 4.69) is 15.2 Å². The van der Waals surface area contributed by atoms with Gasteiger partial charge in [-0.3, -0.25) is 9.89 Å². The van der Waals surface area contributed by atoms with Crippen LogP contribution in [0, 0.1) is 6.92 Å². The summed E-state index contributed by atoms with van der Waals surface area (Å²) in [6.07, 6.45) is 1.62. The lowest BCUT2D eigenvalue weighted by molar-refractivity contribution is 0.0696. The molecule has 8 nitrogen and oxygen atoms in total. The number of methoxy groups -OCH3 is 1. The molecule has 1 aliphatic rings. The number of ether oxygens (including phenoxy) is 1. The van der Waals surface area contributed by atoms with Gasteiger partial charge in [0.25, 0.3) is 5.91 Å². The second kappa shape index (κ2) is 6.31. The zero-order valence-electron chi connectivity index (χ0n) is 13.4. The number of carbonyl (C=O) groups is 2. The monoisotopic (exact) mass is 330 g/mol. The second-order valence-corrected chi connectivity index (χ2v) is 5.69. The van der Waals surface area contributed by atoms with Crippen LogP contribution >= 0.6 is 0 Å². The number of nitrogens with one attached hydrogen (secondary N) is 1. The molecule has 0 spiro atoms. The highest BCUT2D eigenvalue weighted by molar-refractivity contribution is 5.98. The number of likely N-dealkylation sites (tertiary alicyclic amines) is 1. The van der Waals surface area contributed by atoms with Crippen LogP contribution in [0.3, 0.4) is 0 Å². The second-order valence-electron chi connectivity index (χ2n) is 5.69. The molecule has 2 aromatic rings. The van der Waals surface area contributed by atoms with Gasteiger partial charge in [-0.25, -0.2) is 9.78 Å². The third-order valence-electron chi connectivity index (χ3n) is 4.06. The predicted octanol–water partition coefficient (Wildman–Crippen LogP) is 1.80. The SMILES string of the molecule is COc1cc(C(=O)O)cc(C(=O)N2CCC[C@H]2c2n[nH]c(C)n2)c1. The van der Waals surface area contributed by atoms with Gasteiger partial charge in [0.05, 0.1) is 18.7 Å². The lowest BCUT2D eigenvalue weighted by Crippen LogP contribution is -2.31. The van der Waals surface area contributed by atoms with E-state index in [0.29, 0.717) is 23.9 Å². The molecular formula is C16H18N4O4. The number of H-pyrrole nitrogens is 1. The standard InChI is InChI=1S/C16H18N4O4/c1-9-17-14(19-18-9)13-4-3-5-20(13)15(21)10-6-11(16(22)23)8-12(7-10)24-2/h6-8,13H,3-5H2,1-2H3,(H,22,23)(H,17,18,19)/t13-/m0/s1. The molecular weight excluding hydrogens is 312 g/mol. The van der Waals surface area contributed by atoms with Gasteiger partial charge in [-0.1, -0.05) is 0 Å².